The third kappa shape index (κ3) is 4.56. The van der Waals surface area contributed by atoms with Crippen LogP contribution in [0.2, 0.25) is 0 Å². The first-order valence-electron chi connectivity index (χ1n) is 11.6. The minimum atomic E-state index is -0.530. The number of rotatable bonds is 7. The number of benzene rings is 2. The van der Waals surface area contributed by atoms with Crippen molar-refractivity contribution in [2.75, 3.05) is 12.4 Å². The van der Waals surface area contributed by atoms with Crippen LogP contribution in [0.25, 0.3) is 16.6 Å². The molecule has 1 aliphatic heterocycles. The number of aromatic nitrogens is 3. The molecular weight excluding hydrogens is 465 g/mol. The first kappa shape index (κ1) is 23.5. The molecule has 1 saturated heterocycles. The number of ketones is 1. The minimum absolute atomic E-state index is 0.0656. The van der Waals surface area contributed by atoms with E-state index in [2.05, 4.69) is 9.55 Å². The summed E-state index contributed by atoms with van der Waals surface area (Å²) in [5.74, 6) is -0.523. The molecule has 0 bridgehead atoms. The smallest absolute Gasteiger partial charge is 0.266 e. The molecule has 0 N–H and O–H groups in total. The molecule has 35 heavy (non-hydrogen) atoms. The van der Waals surface area contributed by atoms with Gasteiger partial charge in [0.25, 0.3) is 5.56 Å². The Bertz CT molecular complexity index is 1470. The van der Waals surface area contributed by atoms with Crippen LogP contribution in [0.4, 0.5) is 4.39 Å². The number of fused-ring (bicyclic) bond motifs is 1. The highest BCUT2D eigenvalue weighted by molar-refractivity contribution is 7.99. The largest absolute Gasteiger partial charge is 0.376 e. The van der Waals surface area contributed by atoms with Crippen molar-refractivity contribution in [2.45, 2.75) is 44.5 Å². The van der Waals surface area contributed by atoms with Crippen LogP contribution in [0.1, 0.15) is 34.6 Å². The van der Waals surface area contributed by atoms with Crippen LogP contribution in [-0.4, -0.2) is 38.4 Å². The Morgan fingerprint density at radius 1 is 1.17 bits per heavy atom. The maximum Gasteiger partial charge on any atom is 0.266 e. The second-order valence-electron chi connectivity index (χ2n) is 8.75. The van der Waals surface area contributed by atoms with Crippen molar-refractivity contribution >= 4 is 28.4 Å². The predicted molar refractivity (Wildman–Crippen MR) is 135 cm³/mol. The van der Waals surface area contributed by atoms with E-state index in [1.807, 2.05) is 19.9 Å². The number of carbonyl (C=O) groups is 1. The van der Waals surface area contributed by atoms with Gasteiger partial charge in [0.2, 0.25) is 0 Å². The van der Waals surface area contributed by atoms with Gasteiger partial charge in [-0.1, -0.05) is 36.0 Å². The summed E-state index contributed by atoms with van der Waals surface area (Å²) in [5.41, 5.74) is 2.81. The molecule has 3 heterocycles. The van der Waals surface area contributed by atoms with Gasteiger partial charge in [-0.15, -0.1) is 0 Å². The third-order valence-corrected chi connectivity index (χ3v) is 7.39. The van der Waals surface area contributed by atoms with Crippen molar-refractivity contribution in [2.24, 2.45) is 0 Å². The van der Waals surface area contributed by atoms with Gasteiger partial charge in [-0.25, -0.2) is 9.37 Å². The van der Waals surface area contributed by atoms with Crippen molar-refractivity contribution in [1.82, 2.24) is 14.1 Å². The summed E-state index contributed by atoms with van der Waals surface area (Å²) in [4.78, 5) is 31.2. The molecule has 0 unspecified atom stereocenters. The van der Waals surface area contributed by atoms with Gasteiger partial charge in [0.05, 0.1) is 28.4 Å². The van der Waals surface area contributed by atoms with Gasteiger partial charge in [-0.05, 0) is 57.0 Å². The Labute approximate surface area is 206 Å². The fourth-order valence-corrected chi connectivity index (χ4v) is 5.51. The van der Waals surface area contributed by atoms with E-state index in [1.54, 1.807) is 36.4 Å². The number of aryl methyl sites for hydroxylation is 1. The molecule has 0 aliphatic carbocycles. The van der Waals surface area contributed by atoms with Crippen molar-refractivity contribution in [3.8, 4) is 5.69 Å². The second-order valence-corrected chi connectivity index (χ2v) is 9.69. The Morgan fingerprint density at radius 2 is 1.94 bits per heavy atom. The fourth-order valence-electron chi connectivity index (χ4n) is 4.62. The molecule has 1 fully saturated rings. The monoisotopic (exact) mass is 491 g/mol. The summed E-state index contributed by atoms with van der Waals surface area (Å²) in [6.45, 7) is 5.46. The molecule has 180 valence electrons. The van der Waals surface area contributed by atoms with E-state index in [9.17, 15) is 14.0 Å². The van der Waals surface area contributed by atoms with Gasteiger partial charge < -0.3 is 9.30 Å². The summed E-state index contributed by atoms with van der Waals surface area (Å²) < 4.78 is 23.9. The normalized spacial score (nSPS) is 15.7. The van der Waals surface area contributed by atoms with Crippen molar-refractivity contribution in [3.63, 3.8) is 0 Å². The molecule has 2 aromatic carbocycles. The number of thioether (sulfide) groups is 1. The highest BCUT2D eigenvalue weighted by atomic mass is 32.2. The van der Waals surface area contributed by atoms with Crippen molar-refractivity contribution in [1.29, 1.82) is 0 Å². The zero-order valence-corrected chi connectivity index (χ0v) is 20.5. The van der Waals surface area contributed by atoms with Crippen molar-refractivity contribution in [3.05, 3.63) is 87.7 Å². The maximum atomic E-state index is 14.7. The van der Waals surface area contributed by atoms with E-state index in [1.165, 1.54) is 16.7 Å². The zero-order valence-electron chi connectivity index (χ0n) is 19.7. The lowest BCUT2D eigenvalue weighted by molar-refractivity contribution is 0.0957. The van der Waals surface area contributed by atoms with Crippen LogP contribution >= 0.6 is 11.8 Å². The molecule has 8 heteroatoms. The van der Waals surface area contributed by atoms with E-state index in [-0.39, 0.29) is 34.0 Å². The van der Waals surface area contributed by atoms with Gasteiger partial charge >= 0.3 is 0 Å². The molecule has 4 aromatic rings. The molecule has 0 radical (unpaired) electrons. The Kier molecular flexibility index (Phi) is 6.58. The lowest BCUT2D eigenvalue weighted by atomic mass is 10.2. The number of carbonyl (C=O) groups excluding carboxylic acids is 1. The summed E-state index contributed by atoms with van der Waals surface area (Å²) in [6, 6.07) is 15.0. The maximum absolute atomic E-state index is 14.7. The fraction of sp³-hybridized carbons (Fsp3) is 0.296. The number of ether oxygens (including phenoxy) is 1. The molecular formula is C27H26FN3O3S. The van der Waals surface area contributed by atoms with Gasteiger partial charge in [-0.3, -0.25) is 14.2 Å². The van der Waals surface area contributed by atoms with Gasteiger partial charge in [-0.2, -0.15) is 0 Å². The summed E-state index contributed by atoms with van der Waals surface area (Å²) in [6.07, 6.45) is 2.26. The zero-order chi connectivity index (χ0) is 24.5. The number of nitrogens with zero attached hydrogens (tertiary/aromatic N) is 3. The molecule has 6 nitrogen and oxygen atoms in total. The van der Waals surface area contributed by atoms with E-state index in [0.29, 0.717) is 16.5 Å². The van der Waals surface area contributed by atoms with Crippen LogP contribution in [-0.2, 0) is 11.3 Å². The predicted octanol–water partition coefficient (Wildman–Crippen LogP) is 5.10. The molecule has 1 atom stereocenters. The average Bonchev–Trinajstić information content (AvgIpc) is 3.47. The van der Waals surface area contributed by atoms with Crippen molar-refractivity contribution < 1.29 is 13.9 Å². The highest BCUT2D eigenvalue weighted by Gasteiger charge is 2.22. The van der Waals surface area contributed by atoms with Crippen LogP contribution in [0.3, 0.4) is 0 Å². The standard InChI is InChI=1S/C27H26FN3O3S/c1-17-14-21(18(2)30(17)15-19-8-7-13-34-19)25(32)16-35-27-29-23-11-5-3-9-20(23)26(33)31(27)24-12-6-4-10-22(24)28/h3-6,9-12,14,19H,7-8,13,15-16H2,1-2H3/t19-/m0/s1. The molecule has 2 aromatic heterocycles. The van der Waals surface area contributed by atoms with E-state index in [4.69, 9.17) is 4.74 Å². The van der Waals surface area contributed by atoms with Crippen LogP contribution < -0.4 is 5.56 Å². The number of para-hydroxylation sites is 2. The molecule has 5 rings (SSSR count). The van der Waals surface area contributed by atoms with Crippen LogP contribution in [0.5, 0.6) is 0 Å². The van der Waals surface area contributed by atoms with Gasteiger partial charge in [0.15, 0.2) is 10.9 Å². The first-order valence-corrected chi connectivity index (χ1v) is 12.6. The van der Waals surface area contributed by atoms with Gasteiger partial charge in [0.1, 0.15) is 5.82 Å². The van der Waals surface area contributed by atoms with E-state index in [0.717, 1.165) is 49.1 Å². The molecule has 0 saturated carbocycles. The first-order chi connectivity index (χ1) is 16.9. The molecule has 0 spiro atoms. The number of halogens is 1. The number of hydrogen-bond donors (Lipinski definition) is 0. The topological polar surface area (TPSA) is 66.1 Å². The quantitative estimate of drug-likeness (QED) is 0.205. The molecule has 1 aliphatic rings. The highest BCUT2D eigenvalue weighted by Crippen LogP contribution is 2.26. The number of hydrogen-bond acceptors (Lipinski definition) is 5. The average molecular weight is 492 g/mol. The van der Waals surface area contributed by atoms with Crippen LogP contribution in [0, 0.1) is 19.7 Å². The third-order valence-electron chi connectivity index (χ3n) is 6.45. The molecule has 0 amide bonds. The summed E-state index contributed by atoms with van der Waals surface area (Å²) >= 11 is 1.14. The van der Waals surface area contributed by atoms with E-state index < -0.39 is 5.82 Å². The summed E-state index contributed by atoms with van der Waals surface area (Å²) in [7, 11) is 0. The Balaban J connectivity index is 1.46. The number of Topliss-reactive ketones (excluding diaryl/α,β-unsaturated/α-hetero) is 1. The minimum Gasteiger partial charge on any atom is -0.376 e. The van der Waals surface area contributed by atoms with Gasteiger partial charge in [0, 0.05) is 30.1 Å². The summed E-state index contributed by atoms with van der Waals surface area (Å²) in [5, 5.41) is 0.671. The Hall–Kier alpha value is -3.23. The lowest BCUT2D eigenvalue weighted by Gasteiger charge is -2.15. The Morgan fingerprint density at radius 3 is 2.71 bits per heavy atom. The van der Waals surface area contributed by atoms with E-state index >= 15 is 0 Å². The SMILES string of the molecule is Cc1cc(C(=O)CSc2nc3ccccc3c(=O)n2-c2ccccc2F)c(C)n1C[C@@H]1CCCO1. The van der Waals surface area contributed by atoms with Crippen LogP contribution in [0.15, 0.2) is 64.5 Å². The second kappa shape index (κ2) is 9.79. The lowest BCUT2D eigenvalue weighted by Crippen LogP contribution is -2.23.